The number of hydrogen-bond acceptors (Lipinski definition) is 4. The van der Waals surface area contributed by atoms with Crippen molar-refractivity contribution in [1.82, 2.24) is 0 Å². The highest BCUT2D eigenvalue weighted by Gasteiger charge is 2.43. The molecular formula is C24H24O4. The molecule has 4 heteroatoms. The summed E-state index contributed by atoms with van der Waals surface area (Å²) in [6.07, 6.45) is 3.11. The number of benzene rings is 2. The Morgan fingerprint density at radius 3 is 2.04 bits per heavy atom. The fourth-order valence-corrected chi connectivity index (χ4v) is 4.57. The van der Waals surface area contributed by atoms with Crippen LogP contribution in [-0.4, -0.2) is 11.9 Å². The van der Waals surface area contributed by atoms with Crippen molar-refractivity contribution in [3.63, 3.8) is 0 Å². The highest BCUT2D eigenvalue weighted by molar-refractivity contribution is 6.03. The van der Waals surface area contributed by atoms with Gasteiger partial charge in [-0.25, -0.2) is 9.59 Å². The zero-order valence-electron chi connectivity index (χ0n) is 16.6. The maximum atomic E-state index is 12.4. The number of hydrogen-bond donors (Lipinski definition) is 0. The lowest BCUT2D eigenvalue weighted by molar-refractivity contribution is -0.131. The first-order valence-corrected chi connectivity index (χ1v) is 9.64. The second kappa shape index (κ2) is 6.62. The summed E-state index contributed by atoms with van der Waals surface area (Å²) in [6, 6.07) is 5.83. The van der Waals surface area contributed by atoms with Crippen LogP contribution in [0.4, 0.5) is 0 Å². The molecule has 0 aliphatic heterocycles. The van der Waals surface area contributed by atoms with E-state index in [0.29, 0.717) is 34.5 Å². The third-order valence-electron chi connectivity index (χ3n) is 5.86. The van der Waals surface area contributed by atoms with E-state index in [2.05, 4.69) is 13.2 Å². The van der Waals surface area contributed by atoms with Gasteiger partial charge in [-0.2, -0.15) is 0 Å². The van der Waals surface area contributed by atoms with Gasteiger partial charge in [-0.05, 0) is 57.4 Å². The van der Waals surface area contributed by atoms with Crippen LogP contribution in [0.2, 0.25) is 0 Å². The fraction of sp³-hybridized carbons (Fsp3) is 0.333. The van der Waals surface area contributed by atoms with Crippen LogP contribution in [0.3, 0.4) is 0 Å². The summed E-state index contributed by atoms with van der Waals surface area (Å²) in [5, 5.41) is 1.62. The van der Waals surface area contributed by atoms with Gasteiger partial charge in [0.1, 0.15) is 11.5 Å². The van der Waals surface area contributed by atoms with Gasteiger partial charge in [-0.15, -0.1) is 0 Å². The molecule has 144 valence electrons. The second-order valence-corrected chi connectivity index (χ2v) is 8.03. The quantitative estimate of drug-likeness (QED) is 0.403. The molecule has 0 spiro atoms. The predicted molar refractivity (Wildman–Crippen MR) is 109 cm³/mol. The number of fused-ring (bicyclic) bond motifs is 6. The summed E-state index contributed by atoms with van der Waals surface area (Å²) < 4.78 is 11.7. The third kappa shape index (κ3) is 2.75. The number of carbonyl (C=O) groups excluding carboxylic acids is 2. The Kier molecular flexibility index (Phi) is 4.37. The smallest absolute Gasteiger partial charge is 0.338 e. The van der Waals surface area contributed by atoms with Crippen LogP contribution in [0.15, 0.2) is 42.5 Å². The van der Waals surface area contributed by atoms with Gasteiger partial charge in [0.05, 0.1) is 0 Å². The van der Waals surface area contributed by atoms with Crippen LogP contribution in [0.25, 0.3) is 10.8 Å². The zero-order chi connectivity index (χ0) is 20.2. The molecule has 0 N–H and O–H groups in total. The molecule has 0 aromatic heterocycles. The molecule has 2 unspecified atom stereocenters. The Balaban J connectivity index is 2.04. The van der Waals surface area contributed by atoms with Crippen molar-refractivity contribution in [3.05, 3.63) is 59.2 Å². The Hall–Kier alpha value is -2.88. The predicted octanol–water partition coefficient (Wildman–Crippen LogP) is 5.48. The van der Waals surface area contributed by atoms with E-state index in [-0.39, 0.29) is 0 Å². The molecule has 4 nitrogen and oxygen atoms in total. The molecule has 2 aromatic carbocycles. The Labute approximate surface area is 164 Å². The van der Waals surface area contributed by atoms with E-state index in [1.807, 2.05) is 25.1 Å². The molecule has 2 aliphatic rings. The van der Waals surface area contributed by atoms with Crippen LogP contribution in [0.5, 0.6) is 11.5 Å². The van der Waals surface area contributed by atoms with Crippen molar-refractivity contribution in [2.24, 2.45) is 0 Å². The first-order chi connectivity index (χ1) is 13.3. The first-order valence-electron chi connectivity index (χ1n) is 9.64. The maximum absolute atomic E-state index is 12.4. The standard InChI is InChI=1S/C24H24O4/c1-12(2)23(25)27-21-17-8-6-7-14(5)18(17)22(28-24(26)13(3)4)20-16-10-9-15(11-16)19(20)21/h6-8,15-16H,1,3,9-11H2,2,4-5H3. The minimum Gasteiger partial charge on any atom is -0.422 e. The molecule has 2 aliphatic carbocycles. The van der Waals surface area contributed by atoms with Crippen molar-refractivity contribution in [2.45, 2.75) is 51.9 Å². The van der Waals surface area contributed by atoms with Gasteiger partial charge in [0.2, 0.25) is 0 Å². The molecule has 2 aromatic rings. The number of esters is 2. The van der Waals surface area contributed by atoms with Crippen molar-refractivity contribution in [2.75, 3.05) is 0 Å². The lowest BCUT2D eigenvalue weighted by Crippen LogP contribution is -2.15. The van der Waals surface area contributed by atoms with E-state index in [1.165, 1.54) is 0 Å². The molecule has 0 radical (unpaired) electrons. The highest BCUT2D eigenvalue weighted by Crippen LogP contribution is 2.61. The molecule has 0 heterocycles. The number of ether oxygens (including phenoxy) is 2. The molecule has 28 heavy (non-hydrogen) atoms. The Morgan fingerprint density at radius 1 is 0.929 bits per heavy atom. The van der Waals surface area contributed by atoms with Gasteiger partial charge < -0.3 is 9.47 Å². The van der Waals surface area contributed by atoms with Crippen molar-refractivity contribution in [1.29, 1.82) is 0 Å². The van der Waals surface area contributed by atoms with E-state index in [4.69, 9.17) is 9.47 Å². The average molecular weight is 376 g/mol. The van der Waals surface area contributed by atoms with E-state index < -0.39 is 11.9 Å². The second-order valence-electron chi connectivity index (χ2n) is 8.03. The van der Waals surface area contributed by atoms with Gasteiger partial charge in [0.25, 0.3) is 0 Å². The molecule has 0 saturated heterocycles. The van der Waals surface area contributed by atoms with Gasteiger partial charge in [0, 0.05) is 33.0 Å². The van der Waals surface area contributed by atoms with Gasteiger partial charge in [-0.1, -0.05) is 31.4 Å². The Bertz CT molecular complexity index is 1060. The SMILES string of the molecule is C=C(C)C(=O)Oc1c2c(c(OC(=O)C(=C)C)c3c(C)cccc13)C1CCC2C1. The van der Waals surface area contributed by atoms with Crippen molar-refractivity contribution < 1.29 is 19.1 Å². The summed E-state index contributed by atoms with van der Waals surface area (Å²) in [5.41, 5.74) is 3.73. The van der Waals surface area contributed by atoms with Gasteiger partial charge in [-0.3, -0.25) is 0 Å². The topological polar surface area (TPSA) is 52.6 Å². The summed E-state index contributed by atoms with van der Waals surface area (Å²) >= 11 is 0. The summed E-state index contributed by atoms with van der Waals surface area (Å²) in [4.78, 5) is 24.8. The fourth-order valence-electron chi connectivity index (χ4n) is 4.57. The molecular weight excluding hydrogens is 352 g/mol. The minimum absolute atomic E-state index is 0.319. The normalized spacial score (nSPS) is 19.4. The van der Waals surface area contributed by atoms with E-state index >= 15 is 0 Å². The molecule has 2 bridgehead atoms. The van der Waals surface area contributed by atoms with Crippen LogP contribution in [0.1, 0.15) is 61.6 Å². The van der Waals surface area contributed by atoms with Crippen LogP contribution in [-0.2, 0) is 9.59 Å². The largest absolute Gasteiger partial charge is 0.422 e. The maximum Gasteiger partial charge on any atom is 0.338 e. The van der Waals surface area contributed by atoms with Crippen molar-refractivity contribution in [3.8, 4) is 11.5 Å². The van der Waals surface area contributed by atoms with Gasteiger partial charge in [0.15, 0.2) is 0 Å². The molecule has 4 rings (SSSR count). The first kappa shape index (κ1) is 18.5. The van der Waals surface area contributed by atoms with Crippen LogP contribution >= 0.6 is 0 Å². The van der Waals surface area contributed by atoms with E-state index in [9.17, 15) is 9.59 Å². The minimum atomic E-state index is -0.431. The summed E-state index contributed by atoms with van der Waals surface area (Å²) in [5.74, 6) is 0.988. The van der Waals surface area contributed by atoms with Crippen LogP contribution in [0, 0.1) is 6.92 Å². The molecule has 1 saturated carbocycles. The van der Waals surface area contributed by atoms with E-state index in [1.54, 1.807) is 13.8 Å². The van der Waals surface area contributed by atoms with Crippen LogP contribution < -0.4 is 9.47 Å². The molecule has 2 atom stereocenters. The number of aryl methyl sites for hydroxylation is 1. The Morgan fingerprint density at radius 2 is 1.46 bits per heavy atom. The summed E-state index contributed by atoms with van der Waals surface area (Å²) in [6.45, 7) is 12.7. The monoisotopic (exact) mass is 376 g/mol. The zero-order valence-corrected chi connectivity index (χ0v) is 16.6. The van der Waals surface area contributed by atoms with E-state index in [0.717, 1.165) is 46.7 Å². The van der Waals surface area contributed by atoms with Crippen molar-refractivity contribution >= 4 is 22.7 Å². The molecule has 0 amide bonds. The van der Waals surface area contributed by atoms with Gasteiger partial charge >= 0.3 is 11.9 Å². The summed E-state index contributed by atoms with van der Waals surface area (Å²) in [7, 11) is 0. The number of carbonyl (C=O) groups is 2. The average Bonchev–Trinajstić information content (AvgIpc) is 3.25. The lowest BCUT2D eigenvalue weighted by Gasteiger charge is -2.25. The number of rotatable bonds is 4. The molecule has 1 fully saturated rings. The lowest BCUT2D eigenvalue weighted by atomic mass is 9.86. The third-order valence-corrected chi connectivity index (χ3v) is 5.86. The highest BCUT2D eigenvalue weighted by atomic mass is 16.5.